The Morgan fingerprint density at radius 2 is 2.21 bits per heavy atom. The van der Waals surface area contributed by atoms with Crippen LogP contribution in [0.5, 0.6) is 5.75 Å². The average Bonchev–Trinajstić information content (AvgIpc) is 2.94. The molecule has 7 nitrogen and oxygen atoms in total. The second kappa shape index (κ2) is 6.35. The number of aromatic nitrogens is 2. The molecule has 1 aromatic heterocycles. The van der Waals surface area contributed by atoms with Gasteiger partial charge in [0.15, 0.2) is 5.69 Å². The van der Waals surface area contributed by atoms with Crippen LogP contribution in [0.25, 0.3) is 0 Å². The first-order chi connectivity index (χ1) is 11.5. The van der Waals surface area contributed by atoms with Crippen molar-refractivity contribution >= 4 is 17.5 Å². The van der Waals surface area contributed by atoms with Gasteiger partial charge in [0.05, 0.1) is 18.7 Å². The minimum Gasteiger partial charge on any atom is -0.497 e. The summed E-state index contributed by atoms with van der Waals surface area (Å²) in [5.74, 6) is -0.395. The van der Waals surface area contributed by atoms with E-state index in [1.54, 1.807) is 20.4 Å². The summed E-state index contributed by atoms with van der Waals surface area (Å²) in [5.41, 5.74) is 7.85. The molecule has 2 aromatic rings. The number of rotatable bonds is 4. The Balaban J connectivity index is 1.88. The molecule has 3 rings (SSSR count). The van der Waals surface area contributed by atoms with Gasteiger partial charge in [0, 0.05) is 13.2 Å². The number of nitrogens with zero attached hydrogens (tertiary/aromatic N) is 2. The molecule has 0 bridgehead atoms. The fraction of sp³-hybridized carbons (Fsp3) is 0.353. The zero-order valence-corrected chi connectivity index (χ0v) is 13.7. The molecule has 1 aliphatic rings. The van der Waals surface area contributed by atoms with Crippen LogP contribution in [-0.4, -0.2) is 28.7 Å². The third kappa shape index (κ3) is 2.97. The average molecular weight is 328 g/mol. The number of anilines is 1. The van der Waals surface area contributed by atoms with E-state index in [0.29, 0.717) is 5.69 Å². The predicted molar refractivity (Wildman–Crippen MR) is 89.0 cm³/mol. The molecule has 24 heavy (non-hydrogen) atoms. The van der Waals surface area contributed by atoms with Gasteiger partial charge in [-0.2, -0.15) is 5.10 Å². The Morgan fingerprint density at radius 3 is 2.92 bits per heavy atom. The number of carbonyl (C=O) groups excluding carboxylic acids is 2. The van der Waals surface area contributed by atoms with Crippen molar-refractivity contribution < 1.29 is 14.3 Å². The van der Waals surface area contributed by atoms with Crippen molar-refractivity contribution in [2.24, 2.45) is 12.8 Å². The zero-order chi connectivity index (χ0) is 17.3. The van der Waals surface area contributed by atoms with Gasteiger partial charge in [-0.15, -0.1) is 0 Å². The van der Waals surface area contributed by atoms with Gasteiger partial charge in [0.1, 0.15) is 5.75 Å². The number of hydrogen-bond acceptors (Lipinski definition) is 4. The van der Waals surface area contributed by atoms with Crippen molar-refractivity contribution in [1.29, 1.82) is 0 Å². The van der Waals surface area contributed by atoms with Crippen LogP contribution in [0.1, 0.15) is 40.4 Å². The van der Waals surface area contributed by atoms with E-state index in [1.165, 1.54) is 4.68 Å². The van der Waals surface area contributed by atoms with Crippen molar-refractivity contribution in [2.75, 3.05) is 12.4 Å². The highest BCUT2D eigenvalue weighted by molar-refractivity contribution is 6.03. The highest BCUT2D eigenvalue weighted by Gasteiger charge is 2.28. The van der Waals surface area contributed by atoms with Gasteiger partial charge in [0.2, 0.25) is 5.91 Å². The Hall–Kier alpha value is -2.83. The zero-order valence-electron chi connectivity index (χ0n) is 13.7. The smallest absolute Gasteiger partial charge is 0.271 e. The van der Waals surface area contributed by atoms with Crippen LogP contribution in [0, 0.1) is 0 Å². The third-order valence-corrected chi connectivity index (χ3v) is 4.30. The van der Waals surface area contributed by atoms with Gasteiger partial charge < -0.3 is 15.8 Å². The second-order valence-corrected chi connectivity index (χ2v) is 5.93. The monoisotopic (exact) mass is 328 g/mol. The first-order valence-corrected chi connectivity index (χ1v) is 7.80. The van der Waals surface area contributed by atoms with Crippen molar-refractivity contribution in [2.45, 2.75) is 25.2 Å². The molecule has 1 aromatic carbocycles. The lowest BCUT2D eigenvalue weighted by molar-refractivity contribution is -0.117. The lowest BCUT2D eigenvalue weighted by Crippen LogP contribution is -2.26. The van der Waals surface area contributed by atoms with Crippen molar-refractivity contribution in [3.05, 3.63) is 41.2 Å². The van der Waals surface area contributed by atoms with Crippen molar-refractivity contribution in [3.63, 3.8) is 0 Å². The van der Waals surface area contributed by atoms with Crippen LogP contribution >= 0.6 is 0 Å². The summed E-state index contributed by atoms with van der Waals surface area (Å²) in [6, 6.07) is 5.83. The number of ether oxygens (including phenoxy) is 1. The number of nitrogens with one attached hydrogen (secondary N) is 1. The first-order valence-electron chi connectivity index (χ1n) is 7.80. The summed E-state index contributed by atoms with van der Waals surface area (Å²) in [7, 11) is 3.28. The summed E-state index contributed by atoms with van der Waals surface area (Å²) in [5, 5.41) is 6.78. The predicted octanol–water partition coefficient (Wildman–Crippen LogP) is 1.59. The Bertz CT molecular complexity index is 797. The second-order valence-electron chi connectivity index (χ2n) is 5.93. The van der Waals surface area contributed by atoms with Crippen LogP contribution in [0.15, 0.2) is 24.4 Å². The molecule has 1 atom stereocenters. The van der Waals surface area contributed by atoms with E-state index in [4.69, 9.17) is 10.5 Å². The van der Waals surface area contributed by atoms with Gasteiger partial charge >= 0.3 is 0 Å². The van der Waals surface area contributed by atoms with Crippen molar-refractivity contribution in [3.8, 4) is 5.75 Å². The fourth-order valence-electron chi connectivity index (χ4n) is 3.16. The normalized spacial score (nSPS) is 16.3. The lowest BCUT2D eigenvalue weighted by Gasteiger charge is -2.25. The Morgan fingerprint density at radius 1 is 1.42 bits per heavy atom. The number of amides is 2. The van der Waals surface area contributed by atoms with E-state index in [2.05, 4.69) is 10.4 Å². The van der Waals surface area contributed by atoms with E-state index >= 15 is 0 Å². The van der Waals surface area contributed by atoms with Crippen LogP contribution in [-0.2, 0) is 18.3 Å². The van der Waals surface area contributed by atoms with Gasteiger partial charge in [0.25, 0.3) is 5.91 Å². The third-order valence-electron chi connectivity index (χ3n) is 4.30. The van der Waals surface area contributed by atoms with Crippen LogP contribution in [0.2, 0.25) is 0 Å². The maximum atomic E-state index is 12.8. The molecule has 126 valence electrons. The van der Waals surface area contributed by atoms with Crippen LogP contribution in [0.3, 0.4) is 0 Å². The van der Waals surface area contributed by atoms with Crippen LogP contribution in [0.4, 0.5) is 5.69 Å². The Labute approximate surface area is 139 Å². The fourth-order valence-corrected chi connectivity index (χ4v) is 3.16. The SMILES string of the molecule is COc1ccc2c(c1)C(C(=O)Nc1cn(C)nc1C(N)=O)CCC2. The van der Waals surface area contributed by atoms with Gasteiger partial charge in [-0.05, 0) is 42.5 Å². The summed E-state index contributed by atoms with van der Waals surface area (Å²) < 4.78 is 6.73. The maximum absolute atomic E-state index is 12.8. The molecule has 0 aliphatic heterocycles. The van der Waals surface area contributed by atoms with E-state index in [1.807, 2.05) is 18.2 Å². The summed E-state index contributed by atoms with van der Waals surface area (Å²) in [4.78, 5) is 24.2. The molecule has 1 aliphatic carbocycles. The van der Waals surface area contributed by atoms with E-state index in [-0.39, 0.29) is 17.5 Å². The van der Waals surface area contributed by atoms with Gasteiger partial charge in [-0.3, -0.25) is 14.3 Å². The number of primary amides is 1. The molecular formula is C17H20N4O3. The number of methoxy groups -OCH3 is 1. The standard InChI is InChI=1S/C17H20N4O3/c1-21-9-14(15(20-21)16(18)22)19-17(23)12-5-3-4-10-6-7-11(24-2)8-13(10)12/h6-9,12H,3-5H2,1-2H3,(H2,18,22)(H,19,23). The minimum atomic E-state index is -0.670. The van der Waals surface area contributed by atoms with Crippen LogP contribution < -0.4 is 15.8 Å². The highest BCUT2D eigenvalue weighted by atomic mass is 16.5. The summed E-state index contributed by atoms with van der Waals surface area (Å²) >= 11 is 0. The number of hydrogen-bond donors (Lipinski definition) is 2. The molecule has 0 fully saturated rings. The number of carbonyl (C=O) groups is 2. The summed E-state index contributed by atoms with van der Waals surface area (Å²) in [6.45, 7) is 0. The van der Waals surface area contributed by atoms with Crippen molar-refractivity contribution in [1.82, 2.24) is 9.78 Å². The number of nitrogens with two attached hydrogens (primary N) is 1. The topological polar surface area (TPSA) is 99.2 Å². The first kappa shape index (κ1) is 16.0. The lowest BCUT2D eigenvalue weighted by atomic mass is 9.82. The van der Waals surface area contributed by atoms with Gasteiger partial charge in [-0.1, -0.05) is 6.07 Å². The Kier molecular flexibility index (Phi) is 4.24. The molecule has 0 saturated carbocycles. The maximum Gasteiger partial charge on any atom is 0.271 e. The molecule has 0 saturated heterocycles. The molecular weight excluding hydrogens is 308 g/mol. The molecule has 2 amide bonds. The molecule has 7 heteroatoms. The highest BCUT2D eigenvalue weighted by Crippen LogP contribution is 2.35. The molecule has 1 unspecified atom stereocenters. The van der Waals surface area contributed by atoms with E-state index in [0.717, 1.165) is 36.1 Å². The quantitative estimate of drug-likeness (QED) is 0.890. The summed E-state index contributed by atoms with van der Waals surface area (Å²) in [6.07, 6.45) is 4.21. The number of benzene rings is 1. The number of aryl methyl sites for hydroxylation is 2. The minimum absolute atomic E-state index is 0.0625. The molecule has 3 N–H and O–H groups in total. The molecule has 1 heterocycles. The van der Waals surface area contributed by atoms with E-state index < -0.39 is 5.91 Å². The largest absolute Gasteiger partial charge is 0.497 e. The van der Waals surface area contributed by atoms with E-state index in [9.17, 15) is 9.59 Å². The van der Waals surface area contributed by atoms with Gasteiger partial charge in [-0.25, -0.2) is 0 Å². The molecule has 0 radical (unpaired) electrons. The number of fused-ring (bicyclic) bond motifs is 1. The molecule has 0 spiro atoms.